The number of hydrogen-bond acceptors (Lipinski definition) is 28. The molecule has 28 heteroatoms. The summed E-state index contributed by atoms with van der Waals surface area (Å²) in [5, 5.41) is 0. The summed E-state index contributed by atoms with van der Waals surface area (Å²) in [7, 11) is 1.44. The lowest BCUT2D eigenvalue weighted by Crippen LogP contribution is -2.46. The number of unbranched alkanes of at least 4 members (excludes halogenated alkanes) is 4. The smallest absolute Gasteiger partial charge is 0.343 e. The van der Waals surface area contributed by atoms with Crippen LogP contribution in [0, 0.1) is 39.4 Å². The number of rotatable bonds is 57. The number of esters is 6. The number of aryl methyl sites for hydroxylation is 1. The van der Waals surface area contributed by atoms with Gasteiger partial charge in [0.1, 0.15) is 63.2 Å². The summed E-state index contributed by atoms with van der Waals surface area (Å²) in [4.78, 5) is 76.5. The fraction of sp³-hybridized carbons (Fsp3) is 0.478. The average Bonchev–Trinajstić information content (AvgIpc) is 0.824. The van der Waals surface area contributed by atoms with Crippen molar-refractivity contribution in [3.05, 3.63) is 245 Å². The second-order valence-electron chi connectivity index (χ2n) is 38.1. The molecule has 9 aromatic carbocycles. The monoisotopic (exact) mass is 1970 g/mol. The average molecular weight is 1970 g/mol. The molecule has 768 valence electrons. The third kappa shape index (κ3) is 32.5. The van der Waals surface area contributed by atoms with Crippen LogP contribution in [0.5, 0.6) is 74.7 Å². The maximum absolute atomic E-state index is 12.8. The summed E-state index contributed by atoms with van der Waals surface area (Å²) in [5.74, 6) is 3.12. The van der Waals surface area contributed by atoms with E-state index in [2.05, 4.69) is 41.5 Å². The number of ether oxygens (including phenoxy) is 22. The Kier molecular flexibility index (Phi) is 41.4. The molecule has 0 atom stereocenters. The van der Waals surface area contributed by atoms with Crippen LogP contribution in [0.3, 0.4) is 0 Å². The molecule has 9 aromatic rings. The van der Waals surface area contributed by atoms with Gasteiger partial charge in [-0.1, -0.05) is 48.0 Å². The summed E-state index contributed by atoms with van der Waals surface area (Å²) >= 11 is 0. The Labute approximate surface area is 840 Å². The zero-order valence-electron chi connectivity index (χ0n) is 84.1. The molecule has 1 saturated carbocycles. The van der Waals surface area contributed by atoms with Crippen LogP contribution < -0.4 is 61.6 Å². The first-order valence-electron chi connectivity index (χ1n) is 50.4. The minimum atomic E-state index is -0.560. The Morgan fingerprint density at radius 1 is 0.238 bits per heavy atom. The summed E-state index contributed by atoms with van der Waals surface area (Å²) in [6.45, 7) is 31.8. The number of methoxy groups -OCH3 is 1. The largest absolute Gasteiger partial charge is 0.494 e. The molecule has 28 nitrogen and oxygen atoms in total. The second-order valence-corrected chi connectivity index (χ2v) is 38.1. The van der Waals surface area contributed by atoms with E-state index in [-0.39, 0.29) is 44.3 Å². The van der Waals surface area contributed by atoms with E-state index >= 15 is 0 Å². The number of carbonyl (C=O) groups excluding carboxylic acids is 6. The van der Waals surface area contributed by atoms with Gasteiger partial charge in [0.2, 0.25) is 0 Å². The predicted molar refractivity (Wildman–Crippen MR) is 536 cm³/mol. The molecule has 5 saturated heterocycles. The maximum atomic E-state index is 12.8. The normalized spacial score (nSPS) is 15.9. The van der Waals surface area contributed by atoms with Crippen LogP contribution in [0.25, 0.3) is 0 Å². The second kappa shape index (κ2) is 54.7. The highest BCUT2D eigenvalue weighted by Gasteiger charge is 2.42. The Morgan fingerprint density at radius 2 is 0.462 bits per heavy atom. The molecule has 0 amide bonds. The van der Waals surface area contributed by atoms with Gasteiger partial charge < -0.3 is 104 Å². The van der Waals surface area contributed by atoms with Gasteiger partial charge in [-0.3, -0.25) is 0 Å². The van der Waals surface area contributed by atoms with E-state index in [1.165, 1.54) is 51.0 Å². The van der Waals surface area contributed by atoms with Gasteiger partial charge in [-0.05, 0) is 321 Å². The Balaban J connectivity index is 0.000000180. The van der Waals surface area contributed by atoms with Crippen molar-refractivity contribution >= 4 is 35.8 Å². The molecule has 0 N–H and O–H groups in total. The molecule has 0 spiro atoms. The van der Waals surface area contributed by atoms with E-state index in [1.807, 2.05) is 0 Å². The first-order chi connectivity index (χ1) is 69.6. The highest BCUT2D eigenvalue weighted by Crippen LogP contribution is 2.45. The lowest BCUT2D eigenvalue weighted by molar-refractivity contribution is -0.150. The quantitative estimate of drug-likeness (QED) is 0.0194. The fourth-order valence-electron chi connectivity index (χ4n) is 16.1. The molecule has 6 aliphatic rings. The van der Waals surface area contributed by atoms with E-state index in [0.717, 1.165) is 156 Å². The van der Waals surface area contributed by atoms with Gasteiger partial charge >= 0.3 is 35.8 Å². The van der Waals surface area contributed by atoms with E-state index in [1.54, 1.807) is 195 Å². The van der Waals surface area contributed by atoms with Gasteiger partial charge in [-0.2, -0.15) is 0 Å². The van der Waals surface area contributed by atoms with E-state index in [9.17, 15) is 28.8 Å². The van der Waals surface area contributed by atoms with E-state index in [0.29, 0.717) is 188 Å². The SMILES string of the molecule is CCC1(COCCCCOc2ccc(C(=O)Oc3ccc(OC(=O)c4ccc(OCC5(CC)COC5)cc4)cc3C)cc2)COC1.CCC1(COCCCCOc2ccc(C(=O)Oc3ccc(OC(=O)c4ccc(OCC5(CC)COC5)cc4)cc3OC)cc2)COC1.CCC1(COCCCCOc2ccc(C(=O)Oc3ccc(OC(=O)c4ccc(OCCCCOCC5(CC)COC5)cc4)cc3)cc2)CCC1. The molecule has 0 bridgehead atoms. The van der Waals surface area contributed by atoms with Crippen molar-refractivity contribution in [1.29, 1.82) is 0 Å². The summed E-state index contributed by atoms with van der Waals surface area (Å²) in [5.41, 5.74) is 4.20. The lowest BCUT2D eigenvalue weighted by Gasteiger charge is -2.40. The van der Waals surface area contributed by atoms with Crippen LogP contribution in [0.1, 0.15) is 218 Å². The summed E-state index contributed by atoms with van der Waals surface area (Å²) < 4.78 is 124. The zero-order valence-corrected chi connectivity index (χ0v) is 84.1. The molecular formula is C115H140O28. The highest BCUT2D eigenvalue weighted by molar-refractivity contribution is 5.95. The minimum Gasteiger partial charge on any atom is -0.494 e. The van der Waals surface area contributed by atoms with Crippen LogP contribution in [0.2, 0.25) is 0 Å². The molecule has 0 aromatic heterocycles. The van der Waals surface area contributed by atoms with Crippen molar-refractivity contribution < 1.29 is 133 Å². The number of hydrogen-bond donors (Lipinski definition) is 0. The van der Waals surface area contributed by atoms with Gasteiger partial charge in [0, 0.05) is 48.7 Å². The van der Waals surface area contributed by atoms with Gasteiger partial charge in [-0.25, -0.2) is 28.8 Å². The lowest BCUT2D eigenvalue weighted by atomic mass is 9.68. The molecule has 0 radical (unpaired) electrons. The van der Waals surface area contributed by atoms with E-state index in [4.69, 9.17) is 104 Å². The first kappa shape index (κ1) is 108. The third-order valence-electron chi connectivity index (χ3n) is 27.4. The molecule has 6 fully saturated rings. The Morgan fingerprint density at radius 3 is 0.713 bits per heavy atom. The van der Waals surface area contributed by atoms with Crippen LogP contribution in [-0.2, 0) is 42.6 Å². The van der Waals surface area contributed by atoms with Crippen molar-refractivity contribution in [2.45, 2.75) is 158 Å². The molecule has 15 rings (SSSR count). The Hall–Kier alpha value is -12.0. The van der Waals surface area contributed by atoms with Crippen molar-refractivity contribution in [2.75, 3.05) is 166 Å². The predicted octanol–water partition coefficient (Wildman–Crippen LogP) is 21.9. The molecule has 5 heterocycles. The molecule has 1 aliphatic carbocycles. The van der Waals surface area contributed by atoms with Crippen LogP contribution in [-0.4, -0.2) is 201 Å². The highest BCUT2D eigenvalue weighted by atomic mass is 16.6. The van der Waals surface area contributed by atoms with Crippen molar-refractivity contribution in [2.24, 2.45) is 32.5 Å². The zero-order chi connectivity index (χ0) is 101. The van der Waals surface area contributed by atoms with Gasteiger partial charge in [0.05, 0.1) is 183 Å². The number of benzene rings is 9. The fourth-order valence-corrected chi connectivity index (χ4v) is 16.1. The standard InChI is InChI=1S/C41H52O9.C37H44O10.C37H44O9/c1-3-40(22-9-23-40)28-44-24-5-7-26-47-34-14-10-32(11-15-34)38(42)49-36-18-20-37(21-19-36)50-39(43)33-12-16-35(17-13-33)48-27-8-6-25-45-29-41(4-2)30-46-31-41;1-4-36(22-42-23-36)21-41-18-6-7-19-44-29-12-8-28(9-13-29)35(39)47-32-17-16-31(20-33(32)40-3)46-34(38)27-10-14-30(15-11-27)45-26-37(5-2)24-43-25-37;1-4-36(22-41-23-36)21-40-18-6-7-19-43-30-12-8-29(9-13-30)35(39)46-33-17-16-32(20-27(33)3)45-34(38)28-10-14-31(15-11-28)44-26-37(5-2)24-42-25-37/h10-21H,3-9,22-31H2,1-2H3;8-17,20H,4-7,18-19,21-26H2,1-3H3;8-17,20H,4-7,18-19,21-26H2,1-3H3. The molecule has 0 unspecified atom stereocenters. The van der Waals surface area contributed by atoms with Gasteiger partial charge in [0.25, 0.3) is 0 Å². The van der Waals surface area contributed by atoms with Crippen LogP contribution >= 0.6 is 0 Å². The third-order valence-corrected chi connectivity index (χ3v) is 27.4. The van der Waals surface area contributed by atoms with Gasteiger partial charge in [-0.15, -0.1) is 0 Å². The maximum Gasteiger partial charge on any atom is 0.343 e. The first-order valence-corrected chi connectivity index (χ1v) is 50.4. The summed E-state index contributed by atoms with van der Waals surface area (Å²) in [6.07, 6.45) is 17.5. The Bertz CT molecular complexity index is 5280. The topological polar surface area (TPSA) is 305 Å². The molecular weight excluding hydrogens is 1830 g/mol. The van der Waals surface area contributed by atoms with Crippen molar-refractivity contribution in [3.63, 3.8) is 0 Å². The number of carbonyl (C=O) groups is 6. The summed E-state index contributed by atoms with van der Waals surface area (Å²) in [6, 6.07) is 56.8. The minimum absolute atomic E-state index is 0.0664. The van der Waals surface area contributed by atoms with E-state index < -0.39 is 35.8 Å². The van der Waals surface area contributed by atoms with Crippen molar-refractivity contribution in [3.8, 4) is 74.7 Å². The van der Waals surface area contributed by atoms with Crippen LogP contribution in [0.4, 0.5) is 0 Å². The van der Waals surface area contributed by atoms with Crippen molar-refractivity contribution in [1.82, 2.24) is 0 Å². The molecule has 143 heavy (non-hydrogen) atoms. The van der Waals surface area contributed by atoms with Crippen LogP contribution in [0.15, 0.2) is 206 Å². The molecule has 5 aliphatic heterocycles. The van der Waals surface area contributed by atoms with Gasteiger partial charge in [0.15, 0.2) is 11.5 Å².